The van der Waals surface area contributed by atoms with Crippen molar-refractivity contribution in [3.05, 3.63) is 41.6 Å². The first kappa shape index (κ1) is 16.6. The number of aryl methyl sites for hydroxylation is 1. The molecule has 3 rings (SSSR count). The second-order valence-corrected chi connectivity index (χ2v) is 6.08. The van der Waals surface area contributed by atoms with Crippen molar-refractivity contribution in [1.82, 2.24) is 25.7 Å². The highest BCUT2D eigenvalue weighted by Crippen LogP contribution is 2.24. The van der Waals surface area contributed by atoms with Crippen LogP contribution in [0.25, 0.3) is 0 Å². The molecule has 1 fully saturated rings. The van der Waals surface area contributed by atoms with Crippen LogP contribution in [0.4, 0.5) is 4.79 Å². The lowest BCUT2D eigenvalue weighted by Crippen LogP contribution is -2.41. The lowest BCUT2D eigenvalue weighted by Gasteiger charge is -2.26. The number of rotatable bonds is 7. The molecule has 1 aliphatic rings. The summed E-state index contributed by atoms with van der Waals surface area (Å²) in [6.07, 6.45) is 4.96. The van der Waals surface area contributed by atoms with E-state index in [1.807, 2.05) is 25.1 Å². The zero-order chi connectivity index (χ0) is 16.8. The fraction of sp³-hybridized carbons (Fsp3) is 0.529. The molecule has 1 saturated heterocycles. The molecule has 2 aromatic heterocycles. The number of nitrogens with zero attached hydrogens (tertiary/aromatic N) is 2. The van der Waals surface area contributed by atoms with Crippen molar-refractivity contribution >= 4 is 6.03 Å². The van der Waals surface area contributed by atoms with Gasteiger partial charge in [-0.2, -0.15) is 5.10 Å². The summed E-state index contributed by atoms with van der Waals surface area (Å²) in [5.41, 5.74) is 1.91. The van der Waals surface area contributed by atoms with Crippen molar-refractivity contribution in [2.45, 2.75) is 38.8 Å². The van der Waals surface area contributed by atoms with Crippen molar-refractivity contribution < 1.29 is 9.21 Å². The first-order valence-corrected chi connectivity index (χ1v) is 8.58. The number of likely N-dealkylation sites (tertiary alicyclic amines) is 1. The van der Waals surface area contributed by atoms with Crippen molar-refractivity contribution in [1.29, 1.82) is 0 Å². The summed E-state index contributed by atoms with van der Waals surface area (Å²) in [5.74, 6) is 0.901. The molecule has 0 unspecified atom stereocenters. The van der Waals surface area contributed by atoms with E-state index in [0.29, 0.717) is 13.1 Å². The number of H-pyrrole nitrogens is 1. The van der Waals surface area contributed by atoms with E-state index < -0.39 is 0 Å². The van der Waals surface area contributed by atoms with E-state index in [1.54, 1.807) is 6.26 Å². The topological polar surface area (TPSA) is 86.2 Å². The molecule has 130 valence electrons. The normalized spacial score (nSPS) is 16.2. The number of urea groups is 1. The predicted molar refractivity (Wildman–Crippen MR) is 90.5 cm³/mol. The second kappa shape index (κ2) is 8.01. The summed E-state index contributed by atoms with van der Waals surface area (Å²) in [7, 11) is 0. The summed E-state index contributed by atoms with van der Waals surface area (Å²) in [6.45, 7) is 5.11. The van der Waals surface area contributed by atoms with Crippen molar-refractivity contribution in [2.24, 2.45) is 0 Å². The van der Waals surface area contributed by atoms with Gasteiger partial charge in [-0.1, -0.05) is 6.92 Å². The van der Waals surface area contributed by atoms with Gasteiger partial charge in [0.15, 0.2) is 0 Å². The van der Waals surface area contributed by atoms with Gasteiger partial charge in [-0.3, -0.25) is 10.00 Å². The lowest BCUT2D eigenvalue weighted by atomic mass is 10.2. The number of amides is 2. The maximum absolute atomic E-state index is 12.1. The zero-order valence-electron chi connectivity index (χ0n) is 14.0. The number of carbonyl (C=O) groups is 1. The average molecular weight is 331 g/mol. The maximum atomic E-state index is 12.1. The SMILES string of the molecule is CCc1cc(CNC(=O)NC[C@H](c2ccco2)N2CCCC2)[nH]n1. The number of carbonyl (C=O) groups excluding carboxylic acids is 1. The van der Waals surface area contributed by atoms with Crippen LogP contribution >= 0.6 is 0 Å². The first-order valence-electron chi connectivity index (χ1n) is 8.58. The van der Waals surface area contributed by atoms with Crippen molar-refractivity contribution in [2.75, 3.05) is 19.6 Å². The Labute approximate surface area is 141 Å². The average Bonchev–Trinajstić information content (AvgIpc) is 3.34. The Balaban J connectivity index is 1.49. The van der Waals surface area contributed by atoms with Gasteiger partial charge in [0.2, 0.25) is 0 Å². The number of furan rings is 1. The third kappa shape index (κ3) is 4.17. The molecule has 0 spiro atoms. The maximum Gasteiger partial charge on any atom is 0.315 e. The van der Waals surface area contributed by atoms with Gasteiger partial charge in [-0.15, -0.1) is 0 Å². The Hall–Kier alpha value is -2.28. The van der Waals surface area contributed by atoms with Crippen LogP contribution in [0.1, 0.15) is 43.0 Å². The molecule has 7 heteroatoms. The van der Waals surface area contributed by atoms with E-state index in [2.05, 4.69) is 25.7 Å². The quantitative estimate of drug-likeness (QED) is 0.726. The summed E-state index contributed by atoms with van der Waals surface area (Å²) in [5, 5.41) is 12.9. The molecule has 1 atom stereocenters. The summed E-state index contributed by atoms with van der Waals surface area (Å²) in [4.78, 5) is 14.4. The zero-order valence-corrected chi connectivity index (χ0v) is 14.0. The molecular weight excluding hydrogens is 306 g/mol. The van der Waals surface area contributed by atoms with Crippen LogP contribution in [-0.4, -0.2) is 40.8 Å². The van der Waals surface area contributed by atoms with Crippen LogP contribution in [-0.2, 0) is 13.0 Å². The van der Waals surface area contributed by atoms with E-state index in [-0.39, 0.29) is 12.1 Å². The molecule has 3 heterocycles. The number of aromatic nitrogens is 2. The standard InChI is InChI=1S/C17H25N5O2/c1-2-13-10-14(21-20-13)11-18-17(23)19-12-15(16-6-5-9-24-16)22-7-3-4-8-22/h5-6,9-10,15H,2-4,7-8,11-12H2,1H3,(H,20,21)(H2,18,19,23)/t15-/m1/s1. The Morgan fingerprint density at radius 1 is 1.42 bits per heavy atom. The lowest BCUT2D eigenvalue weighted by molar-refractivity contribution is 0.203. The molecule has 24 heavy (non-hydrogen) atoms. The van der Waals surface area contributed by atoms with Crippen LogP contribution in [0.3, 0.4) is 0 Å². The highest BCUT2D eigenvalue weighted by Gasteiger charge is 2.25. The van der Waals surface area contributed by atoms with Crippen molar-refractivity contribution in [3.63, 3.8) is 0 Å². The van der Waals surface area contributed by atoms with E-state index in [9.17, 15) is 4.79 Å². The van der Waals surface area contributed by atoms with Crippen LogP contribution in [0.5, 0.6) is 0 Å². The van der Waals surface area contributed by atoms with E-state index in [4.69, 9.17) is 4.42 Å². The molecule has 0 aliphatic carbocycles. The fourth-order valence-electron chi connectivity index (χ4n) is 3.05. The van der Waals surface area contributed by atoms with Gasteiger partial charge in [0, 0.05) is 6.54 Å². The fourth-order valence-corrected chi connectivity index (χ4v) is 3.05. The molecule has 2 aromatic rings. The minimum absolute atomic E-state index is 0.0899. The molecule has 0 aromatic carbocycles. The van der Waals surface area contributed by atoms with Gasteiger partial charge < -0.3 is 15.1 Å². The third-order valence-corrected chi connectivity index (χ3v) is 4.39. The molecule has 0 bridgehead atoms. The van der Waals surface area contributed by atoms with E-state index >= 15 is 0 Å². The summed E-state index contributed by atoms with van der Waals surface area (Å²) in [6, 6.07) is 5.74. The van der Waals surface area contributed by atoms with Crippen LogP contribution in [0.15, 0.2) is 28.9 Å². The Morgan fingerprint density at radius 2 is 2.25 bits per heavy atom. The summed E-state index contributed by atoms with van der Waals surface area (Å²) >= 11 is 0. The predicted octanol–water partition coefficient (Wildman–Crippen LogP) is 2.20. The van der Waals surface area contributed by atoms with Gasteiger partial charge >= 0.3 is 6.03 Å². The highest BCUT2D eigenvalue weighted by atomic mass is 16.3. The van der Waals surface area contributed by atoms with Gasteiger partial charge in [-0.05, 0) is 50.6 Å². The molecule has 2 amide bonds. The molecule has 3 N–H and O–H groups in total. The third-order valence-electron chi connectivity index (χ3n) is 4.39. The minimum Gasteiger partial charge on any atom is -0.468 e. The smallest absolute Gasteiger partial charge is 0.315 e. The van der Waals surface area contributed by atoms with E-state index in [1.165, 1.54) is 12.8 Å². The van der Waals surface area contributed by atoms with Gasteiger partial charge in [0.05, 0.1) is 30.2 Å². The number of hydrogen-bond acceptors (Lipinski definition) is 4. The molecule has 0 saturated carbocycles. The molecule has 1 aliphatic heterocycles. The molecule has 0 radical (unpaired) electrons. The minimum atomic E-state index is -0.182. The van der Waals surface area contributed by atoms with Crippen LogP contribution in [0, 0.1) is 0 Å². The Morgan fingerprint density at radius 3 is 2.92 bits per heavy atom. The van der Waals surface area contributed by atoms with Gasteiger partial charge in [-0.25, -0.2) is 4.79 Å². The number of hydrogen-bond donors (Lipinski definition) is 3. The molecular formula is C17H25N5O2. The number of aromatic amines is 1. The molecule has 7 nitrogen and oxygen atoms in total. The van der Waals surface area contributed by atoms with Crippen molar-refractivity contribution in [3.8, 4) is 0 Å². The van der Waals surface area contributed by atoms with E-state index in [0.717, 1.165) is 36.7 Å². The monoisotopic (exact) mass is 331 g/mol. The van der Waals surface area contributed by atoms with Crippen LogP contribution in [0.2, 0.25) is 0 Å². The summed E-state index contributed by atoms with van der Waals surface area (Å²) < 4.78 is 5.56. The largest absolute Gasteiger partial charge is 0.468 e. The Bertz CT molecular complexity index is 631. The van der Waals surface area contributed by atoms with Crippen LogP contribution < -0.4 is 10.6 Å². The Kier molecular flexibility index (Phi) is 5.53. The van der Waals surface area contributed by atoms with Gasteiger partial charge in [0.1, 0.15) is 5.76 Å². The first-order chi connectivity index (χ1) is 11.8. The highest BCUT2D eigenvalue weighted by molar-refractivity contribution is 5.73. The number of nitrogens with one attached hydrogen (secondary N) is 3. The van der Waals surface area contributed by atoms with Gasteiger partial charge in [0.25, 0.3) is 0 Å². The second-order valence-electron chi connectivity index (χ2n) is 6.08.